The number of hydrogen-bond acceptors (Lipinski definition) is 1. The average Bonchev–Trinajstić information content (AvgIpc) is 1.90. The second-order valence-corrected chi connectivity index (χ2v) is 2.40. The Morgan fingerprint density at radius 2 is 1.60 bits per heavy atom. The van der Waals surface area contributed by atoms with Crippen LogP contribution in [0.4, 0.5) is 0 Å². The van der Waals surface area contributed by atoms with Gasteiger partial charge in [0, 0.05) is 0 Å². The van der Waals surface area contributed by atoms with Gasteiger partial charge in [0.15, 0.2) is 0 Å². The molecule has 0 aromatic carbocycles. The van der Waals surface area contributed by atoms with Crippen molar-refractivity contribution in [3.63, 3.8) is 0 Å². The minimum absolute atomic E-state index is 0. The zero-order valence-electron chi connectivity index (χ0n) is 7.40. The van der Waals surface area contributed by atoms with Gasteiger partial charge in [0.05, 0.1) is 0 Å². The third kappa shape index (κ3) is 5.27. The molecule has 0 aliphatic carbocycles. The summed E-state index contributed by atoms with van der Waals surface area (Å²) in [7, 11) is 0. The summed E-state index contributed by atoms with van der Waals surface area (Å²) in [4.78, 5) is 2.41. The average molecular weight is 166 g/mol. The molecule has 0 radical (unpaired) electrons. The molecule has 10 heavy (non-hydrogen) atoms. The molecule has 0 spiro atoms. The summed E-state index contributed by atoms with van der Waals surface area (Å²) >= 11 is 0. The van der Waals surface area contributed by atoms with Gasteiger partial charge in [0.2, 0.25) is 0 Å². The van der Waals surface area contributed by atoms with E-state index in [0.717, 1.165) is 6.54 Å². The van der Waals surface area contributed by atoms with Crippen LogP contribution in [0.2, 0.25) is 0 Å². The van der Waals surface area contributed by atoms with Gasteiger partial charge in [-0.25, -0.2) is 0 Å². The summed E-state index contributed by atoms with van der Waals surface area (Å²) in [6.07, 6.45) is 4.20. The van der Waals surface area contributed by atoms with Crippen molar-refractivity contribution >= 4 is 0 Å². The Labute approximate surface area is 108 Å². The van der Waals surface area contributed by atoms with Crippen LogP contribution in [0.25, 0.3) is 0 Å². The molecule has 1 aliphatic heterocycles. The molecule has 2 heteroatoms. The fourth-order valence-electron chi connectivity index (χ4n) is 1.18. The predicted molar refractivity (Wildman–Crippen MR) is 42.1 cm³/mol. The largest absolute Gasteiger partial charge is 1.00 e. The van der Waals surface area contributed by atoms with Crippen molar-refractivity contribution < 1.29 is 51.4 Å². The van der Waals surface area contributed by atoms with E-state index in [1.54, 1.807) is 0 Å². The number of rotatable bonds is 1. The van der Waals surface area contributed by atoms with Gasteiger partial charge >= 0.3 is 51.4 Å². The van der Waals surface area contributed by atoms with E-state index in [9.17, 15) is 0 Å². The van der Waals surface area contributed by atoms with E-state index in [-0.39, 0.29) is 58.8 Å². The molecule has 0 unspecified atom stereocenters. The Hall–Kier alpha value is 1.60. The standard InChI is InChI=1S/C7H14N.CH3.K/c1-2-8-6-4-3-5-7-8;;/h1-7H2;1H3;/q2*-1;+1. The van der Waals surface area contributed by atoms with E-state index in [2.05, 4.69) is 11.8 Å². The summed E-state index contributed by atoms with van der Waals surface area (Å²) in [6.45, 7) is 7.40. The van der Waals surface area contributed by atoms with Crippen LogP contribution < -0.4 is 51.4 Å². The molecule has 0 N–H and O–H groups in total. The van der Waals surface area contributed by atoms with Crippen molar-refractivity contribution in [2.24, 2.45) is 0 Å². The Balaban J connectivity index is 0. The van der Waals surface area contributed by atoms with Crippen molar-refractivity contribution in [3.05, 3.63) is 14.4 Å². The fourth-order valence-corrected chi connectivity index (χ4v) is 1.18. The van der Waals surface area contributed by atoms with E-state index < -0.39 is 0 Å². The molecule has 0 atom stereocenters. The molecule has 0 aromatic heterocycles. The fraction of sp³-hybridized carbons (Fsp3) is 0.750. The second-order valence-electron chi connectivity index (χ2n) is 2.40. The third-order valence-electron chi connectivity index (χ3n) is 1.76. The van der Waals surface area contributed by atoms with E-state index in [1.807, 2.05) is 0 Å². The van der Waals surface area contributed by atoms with Crippen LogP contribution in [0, 0.1) is 14.4 Å². The first-order chi connectivity index (χ1) is 3.93. The van der Waals surface area contributed by atoms with Gasteiger partial charge < -0.3 is 19.3 Å². The van der Waals surface area contributed by atoms with E-state index in [4.69, 9.17) is 0 Å². The van der Waals surface area contributed by atoms with E-state index in [1.165, 1.54) is 32.4 Å². The molecule has 1 nitrogen and oxygen atoms in total. The zero-order chi connectivity index (χ0) is 5.82. The van der Waals surface area contributed by atoms with Crippen LogP contribution >= 0.6 is 0 Å². The summed E-state index contributed by atoms with van der Waals surface area (Å²) < 4.78 is 0. The molecule has 0 aromatic rings. The zero-order valence-corrected chi connectivity index (χ0v) is 10.5. The summed E-state index contributed by atoms with van der Waals surface area (Å²) in [5.41, 5.74) is 0. The van der Waals surface area contributed by atoms with Gasteiger partial charge in [-0.15, -0.1) is 6.54 Å². The van der Waals surface area contributed by atoms with Crippen molar-refractivity contribution in [2.45, 2.75) is 19.3 Å². The molecule has 1 saturated heterocycles. The Bertz CT molecular complexity index is 60.3. The second kappa shape index (κ2) is 8.69. The van der Waals surface area contributed by atoms with Crippen molar-refractivity contribution in [3.8, 4) is 0 Å². The minimum Gasteiger partial charge on any atom is -0.358 e. The van der Waals surface area contributed by atoms with Crippen molar-refractivity contribution in [2.75, 3.05) is 19.6 Å². The van der Waals surface area contributed by atoms with Crippen LogP contribution in [0.5, 0.6) is 0 Å². The van der Waals surface area contributed by atoms with Gasteiger partial charge in [-0.1, -0.05) is 6.42 Å². The normalized spacial score (nSPS) is 18.9. The molecule has 56 valence electrons. The van der Waals surface area contributed by atoms with Gasteiger partial charge in [-0.05, 0) is 25.9 Å². The van der Waals surface area contributed by atoms with Gasteiger partial charge in [-0.3, -0.25) is 0 Å². The summed E-state index contributed by atoms with van der Waals surface area (Å²) in [5.74, 6) is 0. The van der Waals surface area contributed by atoms with Crippen molar-refractivity contribution in [1.29, 1.82) is 0 Å². The molecule has 0 saturated carbocycles. The molecule has 1 aliphatic rings. The first-order valence-electron chi connectivity index (χ1n) is 3.45. The van der Waals surface area contributed by atoms with E-state index in [0.29, 0.717) is 0 Å². The third-order valence-corrected chi connectivity index (χ3v) is 1.76. The monoisotopic (exact) mass is 166 g/mol. The first kappa shape index (κ1) is 14.1. The maximum atomic E-state index is 3.84. The van der Waals surface area contributed by atoms with Crippen molar-refractivity contribution in [1.82, 2.24) is 4.90 Å². The Kier molecular flexibility index (Phi) is 12.3. The van der Waals surface area contributed by atoms with Crippen LogP contribution in [-0.2, 0) is 0 Å². The molecular formula is C8H17KN-. The van der Waals surface area contributed by atoms with Crippen LogP contribution in [-0.4, -0.2) is 24.5 Å². The Morgan fingerprint density at radius 3 is 1.90 bits per heavy atom. The molecule has 1 heterocycles. The first-order valence-corrected chi connectivity index (χ1v) is 3.45. The number of hydrogen-bond donors (Lipinski definition) is 0. The Morgan fingerprint density at radius 1 is 1.10 bits per heavy atom. The predicted octanol–water partition coefficient (Wildman–Crippen LogP) is -1.24. The molecular weight excluding hydrogens is 149 g/mol. The van der Waals surface area contributed by atoms with Crippen LogP contribution in [0.1, 0.15) is 19.3 Å². The topological polar surface area (TPSA) is 3.24 Å². The SMILES string of the molecule is [CH2-]CN1CCCCC1.[CH3-].[K+]. The summed E-state index contributed by atoms with van der Waals surface area (Å²) in [6, 6.07) is 0. The quantitative estimate of drug-likeness (QED) is 0.348. The number of likely N-dealkylation sites (tertiary alicyclic amines) is 1. The van der Waals surface area contributed by atoms with Crippen LogP contribution in [0.15, 0.2) is 0 Å². The summed E-state index contributed by atoms with van der Waals surface area (Å²) in [5, 5.41) is 0. The minimum atomic E-state index is 0. The number of piperidine rings is 1. The van der Waals surface area contributed by atoms with E-state index >= 15 is 0 Å². The van der Waals surface area contributed by atoms with Gasteiger partial charge in [0.25, 0.3) is 0 Å². The molecule has 0 bridgehead atoms. The van der Waals surface area contributed by atoms with Gasteiger partial charge in [-0.2, -0.15) is 0 Å². The molecule has 1 fully saturated rings. The van der Waals surface area contributed by atoms with Gasteiger partial charge in [0.1, 0.15) is 0 Å². The maximum absolute atomic E-state index is 3.84. The van der Waals surface area contributed by atoms with Crippen LogP contribution in [0.3, 0.4) is 0 Å². The molecule has 1 rings (SSSR count). The maximum Gasteiger partial charge on any atom is 1.00 e. The molecule has 0 amide bonds. The smallest absolute Gasteiger partial charge is 0.358 e. The number of nitrogens with zero attached hydrogens (tertiary/aromatic N) is 1.